The predicted octanol–water partition coefficient (Wildman–Crippen LogP) is 2.95. The van der Waals surface area contributed by atoms with Crippen LogP contribution in [0.3, 0.4) is 0 Å². The van der Waals surface area contributed by atoms with Gasteiger partial charge in [0.2, 0.25) is 0 Å². The zero-order chi connectivity index (χ0) is 12.8. The molecule has 0 aromatic rings. The quantitative estimate of drug-likeness (QED) is 0.305. The van der Waals surface area contributed by atoms with E-state index >= 15 is 0 Å². The Morgan fingerprint density at radius 1 is 0.824 bits per heavy atom. The molecule has 0 aliphatic heterocycles. The van der Waals surface area contributed by atoms with Crippen molar-refractivity contribution in [1.82, 2.24) is 5.48 Å². The smallest absolute Gasteiger partial charge is 0.201 e. The Bertz CT molecular complexity index is 212. The summed E-state index contributed by atoms with van der Waals surface area (Å²) in [5.74, 6) is 0. The van der Waals surface area contributed by atoms with Gasteiger partial charge in [-0.3, -0.25) is 0 Å². The van der Waals surface area contributed by atoms with Gasteiger partial charge in [0.05, 0.1) is 0 Å². The van der Waals surface area contributed by atoms with Crippen molar-refractivity contribution in [1.29, 1.82) is 0 Å². The molecule has 0 amide bonds. The Morgan fingerprint density at radius 2 is 1.29 bits per heavy atom. The van der Waals surface area contributed by atoms with E-state index in [2.05, 4.69) is 16.7 Å². The topological polar surface area (TPSA) is 55.4 Å². The highest BCUT2D eigenvalue weighted by Crippen LogP contribution is 2.10. The standard InChI is InChI=1S/C12H27NO3S/c1-2-3-4-5-6-7-8-9-10-11-12-13-16-17(14)15/h13,17H,2-12H2,1H3. The minimum absolute atomic E-state index is 0.611. The third kappa shape index (κ3) is 15.9. The maximum atomic E-state index is 10.0. The van der Waals surface area contributed by atoms with Crippen molar-refractivity contribution in [2.45, 2.75) is 71.1 Å². The maximum Gasteiger partial charge on any atom is 0.273 e. The number of thiol groups is 1. The molecule has 5 heteroatoms. The Labute approximate surface area is 107 Å². The number of nitrogens with one attached hydrogen (secondary N) is 1. The zero-order valence-electron chi connectivity index (χ0n) is 11.0. The van der Waals surface area contributed by atoms with Crippen molar-refractivity contribution < 1.29 is 12.7 Å². The van der Waals surface area contributed by atoms with Gasteiger partial charge in [0.15, 0.2) is 0 Å². The van der Waals surface area contributed by atoms with Gasteiger partial charge in [-0.2, -0.15) is 9.76 Å². The van der Waals surface area contributed by atoms with Crippen molar-refractivity contribution in [3.63, 3.8) is 0 Å². The van der Waals surface area contributed by atoms with E-state index in [-0.39, 0.29) is 0 Å². The molecule has 0 rings (SSSR count). The lowest BCUT2D eigenvalue weighted by atomic mass is 10.1. The first-order valence-electron chi connectivity index (χ1n) is 6.81. The van der Waals surface area contributed by atoms with Gasteiger partial charge >= 0.3 is 0 Å². The van der Waals surface area contributed by atoms with E-state index in [1.54, 1.807) is 0 Å². The minimum atomic E-state index is -2.75. The van der Waals surface area contributed by atoms with E-state index < -0.39 is 11.0 Å². The van der Waals surface area contributed by atoms with Crippen LogP contribution < -0.4 is 5.48 Å². The summed E-state index contributed by atoms with van der Waals surface area (Å²) in [6, 6.07) is 0. The van der Waals surface area contributed by atoms with Crippen LogP contribution >= 0.6 is 0 Å². The molecule has 0 bridgehead atoms. The summed E-state index contributed by atoms with van der Waals surface area (Å²) in [6.07, 6.45) is 12.8. The van der Waals surface area contributed by atoms with E-state index in [1.165, 1.54) is 51.4 Å². The molecule has 0 saturated carbocycles. The van der Waals surface area contributed by atoms with Crippen molar-refractivity contribution in [2.24, 2.45) is 0 Å². The van der Waals surface area contributed by atoms with Crippen LogP contribution in [0.4, 0.5) is 0 Å². The molecule has 0 unspecified atom stereocenters. The van der Waals surface area contributed by atoms with Gasteiger partial charge in [0.25, 0.3) is 11.0 Å². The summed E-state index contributed by atoms with van der Waals surface area (Å²) in [5, 5.41) is 0. The first kappa shape index (κ1) is 16.9. The van der Waals surface area contributed by atoms with E-state index in [4.69, 9.17) is 0 Å². The average Bonchev–Trinajstić information content (AvgIpc) is 2.30. The average molecular weight is 265 g/mol. The first-order chi connectivity index (χ1) is 8.27. The predicted molar refractivity (Wildman–Crippen MR) is 71.2 cm³/mol. The van der Waals surface area contributed by atoms with E-state index in [1.807, 2.05) is 0 Å². The SMILES string of the molecule is CCCCCCCCCCCCNO[SH](=O)=O. The lowest BCUT2D eigenvalue weighted by Crippen LogP contribution is -2.14. The van der Waals surface area contributed by atoms with Crippen molar-refractivity contribution in [2.75, 3.05) is 6.54 Å². The molecular weight excluding hydrogens is 238 g/mol. The fraction of sp³-hybridized carbons (Fsp3) is 1.00. The number of hydrogen-bond acceptors (Lipinski definition) is 4. The third-order valence-electron chi connectivity index (χ3n) is 2.77. The second kappa shape index (κ2) is 13.9. The number of rotatable bonds is 13. The normalized spacial score (nSPS) is 11.2. The number of unbranched alkanes of at least 4 members (excludes halogenated alkanes) is 9. The van der Waals surface area contributed by atoms with Crippen LogP contribution in [0.2, 0.25) is 0 Å². The highest BCUT2D eigenvalue weighted by Gasteiger charge is 1.93. The van der Waals surface area contributed by atoms with Gasteiger partial charge in [0, 0.05) is 6.54 Å². The van der Waals surface area contributed by atoms with E-state index in [9.17, 15) is 8.42 Å². The molecule has 0 radical (unpaired) electrons. The summed E-state index contributed by atoms with van der Waals surface area (Å²) in [4.78, 5) is 0. The molecule has 0 fully saturated rings. The Hall–Kier alpha value is -0.130. The molecule has 0 saturated heterocycles. The molecule has 17 heavy (non-hydrogen) atoms. The largest absolute Gasteiger partial charge is 0.273 e. The van der Waals surface area contributed by atoms with Crippen LogP contribution in [-0.4, -0.2) is 15.0 Å². The van der Waals surface area contributed by atoms with Crippen LogP contribution in [0.5, 0.6) is 0 Å². The molecule has 0 aromatic carbocycles. The van der Waals surface area contributed by atoms with Crippen molar-refractivity contribution >= 4 is 11.0 Å². The Morgan fingerprint density at radius 3 is 1.76 bits per heavy atom. The molecule has 0 spiro atoms. The minimum Gasteiger partial charge on any atom is -0.201 e. The lowest BCUT2D eigenvalue weighted by Gasteiger charge is -2.02. The van der Waals surface area contributed by atoms with Crippen LogP contribution in [0.1, 0.15) is 71.1 Å². The van der Waals surface area contributed by atoms with Crippen molar-refractivity contribution in [3.8, 4) is 0 Å². The third-order valence-corrected chi connectivity index (χ3v) is 3.05. The second-order valence-corrected chi connectivity index (χ2v) is 5.02. The first-order valence-corrected chi connectivity index (χ1v) is 7.91. The fourth-order valence-electron chi connectivity index (χ4n) is 1.78. The summed E-state index contributed by atoms with van der Waals surface area (Å²) in [6.45, 7) is 2.85. The highest BCUT2D eigenvalue weighted by molar-refractivity contribution is 7.67. The van der Waals surface area contributed by atoms with Crippen LogP contribution in [0.25, 0.3) is 0 Å². The molecule has 104 valence electrons. The van der Waals surface area contributed by atoms with E-state index in [0.717, 1.165) is 12.8 Å². The maximum absolute atomic E-state index is 10.0. The molecule has 1 N–H and O–H groups in total. The lowest BCUT2D eigenvalue weighted by molar-refractivity contribution is 0.211. The summed E-state index contributed by atoms with van der Waals surface area (Å²) in [7, 11) is -2.75. The summed E-state index contributed by atoms with van der Waals surface area (Å²) in [5.41, 5.74) is 2.41. The van der Waals surface area contributed by atoms with E-state index in [0.29, 0.717) is 6.54 Å². The van der Waals surface area contributed by atoms with Gasteiger partial charge in [-0.15, -0.1) is 0 Å². The molecule has 0 heterocycles. The molecular formula is C12H27NO3S. The van der Waals surface area contributed by atoms with Gasteiger partial charge in [-0.25, -0.2) is 8.42 Å². The fourth-order valence-corrected chi connectivity index (χ4v) is 1.98. The second-order valence-electron chi connectivity index (χ2n) is 4.39. The van der Waals surface area contributed by atoms with Crippen molar-refractivity contribution in [3.05, 3.63) is 0 Å². The Kier molecular flexibility index (Phi) is 13.8. The zero-order valence-corrected chi connectivity index (χ0v) is 11.8. The molecule has 0 aliphatic rings. The Balaban J connectivity index is 2.94. The number of hydroxylamine groups is 1. The van der Waals surface area contributed by atoms with Gasteiger partial charge in [-0.1, -0.05) is 64.7 Å². The van der Waals surface area contributed by atoms with Crippen LogP contribution in [0.15, 0.2) is 0 Å². The monoisotopic (exact) mass is 265 g/mol. The number of hydrogen-bond donors (Lipinski definition) is 2. The molecule has 4 nitrogen and oxygen atoms in total. The van der Waals surface area contributed by atoms with Gasteiger partial charge < -0.3 is 0 Å². The van der Waals surface area contributed by atoms with Gasteiger partial charge in [-0.05, 0) is 6.42 Å². The summed E-state index contributed by atoms with van der Waals surface area (Å²) < 4.78 is 24.3. The molecule has 0 atom stereocenters. The van der Waals surface area contributed by atoms with Crippen LogP contribution in [-0.2, 0) is 15.3 Å². The van der Waals surface area contributed by atoms with Gasteiger partial charge in [0.1, 0.15) is 0 Å². The summed E-state index contributed by atoms with van der Waals surface area (Å²) >= 11 is 0. The van der Waals surface area contributed by atoms with Crippen LogP contribution in [0, 0.1) is 0 Å². The highest BCUT2D eigenvalue weighted by atomic mass is 32.2. The molecule has 0 aromatic heterocycles. The molecule has 0 aliphatic carbocycles.